The lowest BCUT2D eigenvalue weighted by atomic mass is 10.00. The maximum Gasteiger partial charge on any atom is 0.336 e. The van der Waals surface area contributed by atoms with E-state index in [0.717, 1.165) is 16.8 Å². The number of anilines is 1. The second kappa shape index (κ2) is 7.01. The van der Waals surface area contributed by atoms with Gasteiger partial charge < -0.3 is 14.7 Å². The van der Waals surface area contributed by atoms with E-state index in [9.17, 15) is 9.90 Å². The van der Waals surface area contributed by atoms with Crippen LogP contribution in [0.1, 0.15) is 16.7 Å². The number of rotatable bonds is 5. The van der Waals surface area contributed by atoms with Gasteiger partial charge in [0.2, 0.25) is 0 Å². The number of nitrogens with zero attached hydrogens (tertiary/aromatic N) is 1. The molecule has 120 valence electrons. The van der Waals surface area contributed by atoms with Gasteiger partial charge in [-0.15, -0.1) is 0 Å². The smallest absolute Gasteiger partial charge is 0.336 e. The maximum atomic E-state index is 11.7. The average Bonchev–Trinajstić information content (AvgIpc) is 2.52. The second-order valence-corrected chi connectivity index (χ2v) is 5.55. The Labute approximate surface area is 136 Å². The van der Waals surface area contributed by atoms with Crippen LogP contribution in [0.4, 0.5) is 5.69 Å². The molecule has 4 nitrogen and oxygen atoms in total. The van der Waals surface area contributed by atoms with Gasteiger partial charge >= 0.3 is 5.97 Å². The quantitative estimate of drug-likeness (QED) is 0.676. The molecule has 2 aromatic rings. The predicted octanol–water partition coefficient (Wildman–Crippen LogP) is 3.69. The number of carboxylic acid groups (broad SMARTS) is 1. The van der Waals surface area contributed by atoms with Crippen LogP contribution in [0, 0.1) is 6.92 Å². The highest BCUT2D eigenvalue weighted by atomic mass is 16.5. The van der Waals surface area contributed by atoms with Gasteiger partial charge in [0.05, 0.1) is 12.7 Å². The van der Waals surface area contributed by atoms with Gasteiger partial charge in [-0.1, -0.05) is 23.8 Å². The highest BCUT2D eigenvalue weighted by Crippen LogP contribution is 2.29. The molecule has 0 amide bonds. The van der Waals surface area contributed by atoms with Crippen molar-refractivity contribution in [3.8, 4) is 5.75 Å². The van der Waals surface area contributed by atoms with Crippen LogP contribution in [0.2, 0.25) is 0 Å². The van der Waals surface area contributed by atoms with Crippen LogP contribution in [0.15, 0.2) is 42.5 Å². The number of hydrogen-bond donors (Lipinski definition) is 1. The summed E-state index contributed by atoms with van der Waals surface area (Å²) in [4.78, 5) is 13.7. The molecule has 0 atom stereocenters. The topological polar surface area (TPSA) is 49.8 Å². The van der Waals surface area contributed by atoms with Crippen LogP contribution in [-0.2, 0) is 4.79 Å². The number of aliphatic carboxylic acids is 1. The van der Waals surface area contributed by atoms with Gasteiger partial charge in [0, 0.05) is 25.3 Å². The van der Waals surface area contributed by atoms with Gasteiger partial charge in [0.25, 0.3) is 0 Å². The number of hydrogen-bond acceptors (Lipinski definition) is 3. The molecule has 0 saturated carbocycles. The Kier molecular flexibility index (Phi) is 5.06. The second-order valence-electron chi connectivity index (χ2n) is 5.55. The summed E-state index contributed by atoms with van der Waals surface area (Å²) in [6, 6.07) is 13.2. The number of carbonyl (C=O) groups is 1. The van der Waals surface area contributed by atoms with Crippen molar-refractivity contribution in [3.05, 3.63) is 59.2 Å². The first kappa shape index (κ1) is 16.6. The zero-order valence-electron chi connectivity index (χ0n) is 13.8. The standard InChI is InChI=1S/C19H21NO3/c1-13-5-10-18(23-4)16(11-13)17(19(21)22)12-14-6-8-15(9-7-14)20(2)3/h5-12H,1-4H3,(H,21,22)/b17-12-. The first-order valence-electron chi connectivity index (χ1n) is 7.29. The summed E-state index contributed by atoms with van der Waals surface area (Å²) in [5.41, 5.74) is 3.67. The largest absolute Gasteiger partial charge is 0.496 e. The summed E-state index contributed by atoms with van der Waals surface area (Å²) in [7, 11) is 5.47. The molecule has 0 aliphatic heterocycles. The Balaban J connectivity index is 2.50. The first-order valence-corrected chi connectivity index (χ1v) is 7.29. The van der Waals surface area contributed by atoms with Crippen molar-refractivity contribution < 1.29 is 14.6 Å². The fraction of sp³-hybridized carbons (Fsp3) is 0.211. The summed E-state index contributed by atoms with van der Waals surface area (Å²) in [6.45, 7) is 1.92. The Bertz CT molecular complexity index is 731. The van der Waals surface area contributed by atoms with E-state index in [1.165, 1.54) is 0 Å². The van der Waals surface area contributed by atoms with Gasteiger partial charge in [0.1, 0.15) is 5.75 Å². The van der Waals surface area contributed by atoms with E-state index in [0.29, 0.717) is 11.3 Å². The number of ether oxygens (including phenoxy) is 1. The highest BCUT2D eigenvalue weighted by Gasteiger charge is 2.15. The minimum atomic E-state index is -0.981. The Morgan fingerprint density at radius 1 is 1.13 bits per heavy atom. The van der Waals surface area contributed by atoms with E-state index in [1.807, 2.05) is 62.3 Å². The molecule has 23 heavy (non-hydrogen) atoms. The van der Waals surface area contributed by atoms with E-state index >= 15 is 0 Å². The fourth-order valence-electron chi connectivity index (χ4n) is 2.32. The summed E-state index contributed by atoms with van der Waals surface area (Å²) in [5.74, 6) is -0.431. The van der Waals surface area contributed by atoms with Crippen molar-refractivity contribution in [1.82, 2.24) is 0 Å². The molecule has 0 heterocycles. The van der Waals surface area contributed by atoms with Gasteiger partial charge in [-0.25, -0.2) is 4.79 Å². The molecule has 0 radical (unpaired) electrons. The molecule has 0 spiro atoms. The predicted molar refractivity (Wildman–Crippen MR) is 94.0 cm³/mol. The van der Waals surface area contributed by atoms with Crippen LogP contribution in [0.3, 0.4) is 0 Å². The van der Waals surface area contributed by atoms with E-state index < -0.39 is 5.97 Å². The number of carboxylic acids is 1. The summed E-state index contributed by atoms with van der Waals surface area (Å²) >= 11 is 0. The molecule has 0 aromatic heterocycles. The SMILES string of the molecule is COc1ccc(C)cc1/C(=C/c1ccc(N(C)C)cc1)C(=O)O. The van der Waals surface area contributed by atoms with E-state index in [1.54, 1.807) is 19.3 Å². The average molecular weight is 311 g/mol. The van der Waals surface area contributed by atoms with E-state index in [2.05, 4.69) is 0 Å². The third-order valence-electron chi connectivity index (χ3n) is 3.60. The lowest BCUT2D eigenvalue weighted by molar-refractivity contribution is -0.130. The minimum absolute atomic E-state index is 0.211. The number of methoxy groups -OCH3 is 1. The van der Waals surface area contributed by atoms with Gasteiger partial charge in [0.15, 0.2) is 0 Å². The molecule has 0 fully saturated rings. The number of aryl methyl sites for hydroxylation is 1. The van der Waals surface area contributed by atoms with Crippen LogP contribution in [0.25, 0.3) is 11.6 Å². The minimum Gasteiger partial charge on any atom is -0.496 e. The van der Waals surface area contributed by atoms with Gasteiger partial charge in [-0.2, -0.15) is 0 Å². The maximum absolute atomic E-state index is 11.7. The van der Waals surface area contributed by atoms with Crippen LogP contribution in [0.5, 0.6) is 5.75 Å². The van der Waals surface area contributed by atoms with Crippen molar-refractivity contribution in [2.45, 2.75) is 6.92 Å². The molecule has 2 rings (SSSR count). The fourth-order valence-corrected chi connectivity index (χ4v) is 2.32. The summed E-state index contributed by atoms with van der Waals surface area (Å²) in [5, 5.41) is 9.61. The van der Waals surface area contributed by atoms with E-state index in [-0.39, 0.29) is 5.57 Å². The number of benzene rings is 2. The molecule has 2 aromatic carbocycles. The molecule has 4 heteroatoms. The molecule has 1 N–H and O–H groups in total. The van der Waals surface area contributed by atoms with Crippen molar-refractivity contribution >= 4 is 23.3 Å². The van der Waals surface area contributed by atoms with E-state index in [4.69, 9.17) is 4.74 Å². The van der Waals surface area contributed by atoms with Crippen molar-refractivity contribution in [3.63, 3.8) is 0 Å². The lowest BCUT2D eigenvalue weighted by Gasteiger charge is -2.13. The van der Waals surface area contributed by atoms with Gasteiger partial charge in [-0.3, -0.25) is 0 Å². The molecular formula is C19H21NO3. The Hall–Kier alpha value is -2.75. The Morgan fingerprint density at radius 2 is 1.78 bits per heavy atom. The molecule has 0 unspecified atom stereocenters. The molecule has 0 bridgehead atoms. The monoisotopic (exact) mass is 311 g/mol. The Morgan fingerprint density at radius 3 is 2.30 bits per heavy atom. The van der Waals surface area contributed by atoms with Gasteiger partial charge in [-0.05, 0) is 42.8 Å². The van der Waals surface area contributed by atoms with Crippen molar-refractivity contribution in [2.24, 2.45) is 0 Å². The normalized spacial score (nSPS) is 11.2. The summed E-state index contributed by atoms with van der Waals surface area (Å²) < 4.78 is 5.31. The zero-order valence-corrected chi connectivity index (χ0v) is 13.8. The zero-order chi connectivity index (χ0) is 17.0. The van der Waals surface area contributed by atoms with Crippen LogP contribution < -0.4 is 9.64 Å². The first-order chi connectivity index (χ1) is 10.9. The van der Waals surface area contributed by atoms with Crippen LogP contribution in [-0.4, -0.2) is 32.3 Å². The highest BCUT2D eigenvalue weighted by molar-refractivity contribution is 6.21. The molecule has 0 aliphatic carbocycles. The van der Waals surface area contributed by atoms with Crippen molar-refractivity contribution in [2.75, 3.05) is 26.1 Å². The lowest BCUT2D eigenvalue weighted by Crippen LogP contribution is -2.08. The van der Waals surface area contributed by atoms with Crippen LogP contribution >= 0.6 is 0 Å². The van der Waals surface area contributed by atoms with Crippen molar-refractivity contribution in [1.29, 1.82) is 0 Å². The molecule has 0 aliphatic rings. The third kappa shape index (κ3) is 3.92. The summed E-state index contributed by atoms with van der Waals surface area (Å²) in [6.07, 6.45) is 1.67. The molecular weight excluding hydrogens is 290 g/mol. The molecule has 0 saturated heterocycles. The third-order valence-corrected chi connectivity index (χ3v) is 3.60.